The first-order chi connectivity index (χ1) is 9.51. The van der Waals surface area contributed by atoms with Gasteiger partial charge in [-0.1, -0.05) is 13.8 Å². The molecule has 0 radical (unpaired) electrons. The van der Waals surface area contributed by atoms with Crippen molar-refractivity contribution < 1.29 is 19.1 Å². The molecule has 2 atom stereocenters. The van der Waals surface area contributed by atoms with E-state index in [-0.39, 0.29) is 11.8 Å². The predicted octanol–water partition coefficient (Wildman–Crippen LogP) is 0.555. The van der Waals surface area contributed by atoms with Crippen molar-refractivity contribution in [3.8, 4) is 0 Å². The van der Waals surface area contributed by atoms with Gasteiger partial charge in [0, 0.05) is 13.7 Å². The van der Waals surface area contributed by atoms with Gasteiger partial charge in [-0.3, -0.25) is 9.59 Å². The first-order valence-corrected chi connectivity index (χ1v) is 7.20. The third-order valence-electron chi connectivity index (χ3n) is 3.94. The predicted molar refractivity (Wildman–Crippen MR) is 75.3 cm³/mol. The average molecular weight is 286 g/mol. The van der Waals surface area contributed by atoms with Crippen molar-refractivity contribution in [3.63, 3.8) is 0 Å². The second-order valence-electron chi connectivity index (χ2n) is 5.16. The van der Waals surface area contributed by atoms with E-state index in [0.29, 0.717) is 39.2 Å². The highest BCUT2D eigenvalue weighted by Gasteiger charge is 2.47. The fraction of sp³-hybridized carbons (Fsp3) is 0.857. The summed E-state index contributed by atoms with van der Waals surface area (Å²) in [5.74, 6) is -0.102. The Kier molecular flexibility index (Phi) is 6.42. The molecule has 1 fully saturated rings. The lowest BCUT2D eigenvalue weighted by Gasteiger charge is -2.45. The summed E-state index contributed by atoms with van der Waals surface area (Å²) in [6.07, 6.45) is 1.18. The third-order valence-corrected chi connectivity index (χ3v) is 3.94. The van der Waals surface area contributed by atoms with Crippen LogP contribution in [0.4, 0.5) is 0 Å². The molecule has 6 nitrogen and oxygen atoms in total. The fourth-order valence-corrected chi connectivity index (χ4v) is 2.31. The molecule has 0 saturated carbocycles. The number of carbonyl (C=O) groups is 2. The van der Waals surface area contributed by atoms with Crippen molar-refractivity contribution in [2.45, 2.75) is 45.2 Å². The summed E-state index contributed by atoms with van der Waals surface area (Å²) >= 11 is 0. The molecule has 0 bridgehead atoms. The first kappa shape index (κ1) is 16.9. The quantitative estimate of drug-likeness (QED) is 0.662. The zero-order valence-electron chi connectivity index (χ0n) is 12.9. The van der Waals surface area contributed by atoms with Crippen LogP contribution in [-0.4, -0.2) is 61.8 Å². The van der Waals surface area contributed by atoms with E-state index in [1.54, 1.807) is 18.9 Å². The molecule has 1 saturated heterocycles. The number of hydrogen-bond donors (Lipinski definition) is 1. The van der Waals surface area contributed by atoms with E-state index in [1.807, 2.05) is 13.8 Å². The molecule has 2 amide bonds. The number of piperazine rings is 1. The molecule has 0 aromatic heterocycles. The Morgan fingerprint density at radius 1 is 1.25 bits per heavy atom. The van der Waals surface area contributed by atoms with Crippen LogP contribution >= 0.6 is 0 Å². The van der Waals surface area contributed by atoms with Crippen LogP contribution in [0.25, 0.3) is 0 Å². The average Bonchev–Trinajstić information content (AvgIpc) is 2.45. The van der Waals surface area contributed by atoms with Gasteiger partial charge in [0.05, 0.1) is 19.8 Å². The molecule has 2 unspecified atom stereocenters. The van der Waals surface area contributed by atoms with Crippen LogP contribution in [0.5, 0.6) is 0 Å². The maximum absolute atomic E-state index is 12.4. The molecule has 0 aliphatic carbocycles. The smallest absolute Gasteiger partial charge is 0.246 e. The van der Waals surface area contributed by atoms with Crippen molar-refractivity contribution in [2.24, 2.45) is 0 Å². The molecule has 116 valence electrons. The summed E-state index contributed by atoms with van der Waals surface area (Å²) in [5.41, 5.74) is -0.784. The van der Waals surface area contributed by atoms with Gasteiger partial charge in [-0.15, -0.1) is 0 Å². The third kappa shape index (κ3) is 3.49. The van der Waals surface area contributed by atoms with E-state index in [4.69, 9.17) is 9.47 Å². The van der Waals surface area contributed by atoms with Gasteiger partial charge in [-0.05, 0) is 19.8 Å². The van der Waals surface area contributed by atoms with Crippen LogP contribution in [0.3, 0.4) is 0 Å². The van der Waals surface area contributed by atoms with Crippen LogP contribution < -0.4 is 5.32 Å². The van der Waals surface area contributed by atoms with Gasteiger partial charge in [0.2, 0.25) is 11.8 Å². The number of ether oxygens (including phenoxy) is 2. The Morgan fingerprint density at radius 2 is 1.95 bits per heavy atom. The summed E-state index contributed by atoms with van der Waals surface area (Å²) in [7, 11) is 1.61. The van der Waals surface area contributed by atoms with Crippen LogP contribution in [-0.2, 0) is 19.1 Å². The topological polar surface area (TPSA) is 67.9 Å². The van der Waals surface area contributed by atoms with Crippen molar-refractivity contribution >= 4 is 11.8 Å². The van der Waals surface area contributed by atoms with Gasteiger partial charge < -0.3 is 19.7 Å². The zero-order valence-corrected chi connectivity index (χ0v) is 12.9. The highest BCUT2D eigenvalue weighted by Crippen LogP contribution is 2.25. The summed E-state index contributed by atoms with van der Waals surface area (Å²) in [4.78, 5) is 26.3. The minimum atomic E-state index is -0.784. The number of nitrogens with zero attached hydrogens (tertiary/aromatic N) is 1. The van der Waals surface area contributed by atoms with E-state index in [2.05, 4.69) is 5.32 Å². The van der Waals surface area contributed by atoms with Gasteiger partial charge in [-0.25, -0.2) is 0 Å². The molecule has 1 rings (SSSR count). The molecule has 0 aromatic carbocycles. The molecule has 1 N–H and O–H groups in total. The van der Waals surface area contributed by atoms with Crippen molar-refractivity contribution in [1.82, 2.24) is 10.2 Å². The standard InChI is InChI=1S/C14H26N2O4/c1-5-11-12(17)16(7-8-20-10-9-19-4)14(3,6-2)13(18)15-11/h11H,5-10H2,1-4H3,(H,15,18). The summed E-state index contributed by atoms with van der Waals surface area (Å²) in [5, 5.41) is 2.81. The zero-order chi connectivity index (χ0) is 15.2. The lowest BCUT2D eigenvalue weighted by Crippen LogP contribution is -2.69. The number of nitrogens with one attached hydrogen (secondary N) is 1. The molecular weight excluding hydrogens is 260 g/mol. The van der Waals surface area contributed by atoms with Gasteiger partial charge in [0.1, 0.15) is 11.6 Å². The molecule has 6 heteroatoms. The number of methoxy groups -OCH3 is 1. The van der Waals surface area contributed by atoms with E-state index < -0.39 is 11.6 Å². The number of carbonyl (C=O) groups excluding carboxylic acids is 2. The maximum Gasteiger partial charge on any atom is 0.246 e. The summed E-state index contributed by atoms with van der Waals surface area (Å²) in [6, 6.07) is -0.416. The number of amides is 2. The van der Waals surface area contributed by atoms with Crippen LogP contribution in [0.1, 0.15) is 33.6 Å². The number of hydrogen-bond acceptors (Lipinski definition) is 4. The first-order valence-electron chi connectivity index (χ1n) is 7.20. The van der Waals surface area contributed by atoms with Crippen LogP contribution in [0.2, 0.25) is 0 Å². The molecule has 0 aromatic rings. The molecular formula is C14H26N2O4. The maximum atomic E-state index is 12.4. The molecule has 1 heterocycles. The van der Waals surface area contributed by atoms with E-state index >= 15 is 0 Å². The van der Waals surface area contributed by atoms with E-state index in [1.165, 1.54) is 0 Å². The Labute approximate surface area is 120 Å². The highest BCUT2D eigenvalue weighted by molar-refractivity contribution is 5.99. The SMILES string of the molecule is CCC1NC(=O)C(C)(CC)N(CCOCCOC)C1=O. The Morgan fingerprint density at radius 3 is 2.50 bits per heavy atom. The second-order valence-corrected chi connectivity index (χ2v) is 5.16. The van der Waals surface area contributed by atoms with Gasteiger partial charge in [0.25, 0.3) is 0 Å². The monoisotopic (exact) mass is 286 g/mol. The van der Waals surface area contributed by atoms with Crippen LogP contribution in [0, 0.1) is 0 Å². The fourth-order valence-electron chi connectivity index (χ4n) is 2.31. The Hall–Kier alpha value is -1.14. The molecule has 1 aliphatic rings. The normalized spacial score (nSPS) is 26.8. The second kappa shape index (κ2) is 7.59. The Bertz CT molecular complexity index is 348. The van der Waals surface area contributed by atoms with E-state index in [0.717, 1.165) is 0 Å². The van der Waals surface area contributed by atoms with Gasteiger partial charge in [-0.2, -0.15) is 0 Å². The molecule has 1 aliphatic heterocycles. The minimum Gasteiger partial charge on any atom is -0.382 e. The largest absolute Gasteiger partial charge is 0.382 e. The van der Waals surface area contributed by atoms with Crippen molar-refractivity contribution in [3.05, 3.63) is 0 Å². The van der Waals surface area contributed by atoms with Crippen molar-refractivity contribution in [1.29, 1.82) is 0 Å². The van der Waals surface area contributed by atoms with Crippen molar-refractivity contribution in [2.75, 3.05) is 33.5 Å². The lowest BCUT2D eigenvalue weighted by molar-refractivity contribution is -0.157. The molecule has 20 heavy (non-hydrogen) atoms. The Balaban J connectivity index is 2.69. The minimum absolute atomic E-state index is 0.0215. The lowest BCUT2D eigenvalue weighted by atomic mass is 9.90. The van der Waals surface area contributed by atoms with Gasteiger partial charge in [0.15, 0.2) is 0 Å². The van der Waals surface area contributed by atoms with Crippen LogP contribution in [0.15, 0.2) is 0 Å². The van der Waals surface area contributed by atoms with Gasteiger partial charge >= 0.3 is 0 Å². The molecule has 0 spiro atoms. The highest BCUT2D eigenvalue weighted by atomic mass is 16.5. The number of rotatable bonds is 8. The van der Waals surface area contributed by atoms with E-state index in [9.17, 15) is 9.59 Å². The summed E-state index contributed by atoms with van der Waals surface area (Å²) < 4.78 is 10.3. The summed E-state index contributed by atoms with van der Waals surface area (Å²) in [6.45, 7) is 7.47.